The van der Waals surface area contributed by atoms with Crippen molar-refractivity contribution in [3.63, 3.8) is 0 Å². The number of para-hydroxylation sites is 2. The second kappa shape index (κ2) is 8.18. The van der Waals surface area contributed by atoms with Gasteiger partial charge in [0, 0.05) is 18.4 Å². The van der Waals surface area contributed by atoms with Gasteiger partial charge in [-0.2, -0.15) is 10.1 Å². The number of hydrogen-bond acceptors (Lipinski definition) is 6. The van der Waals surface area contributed by atoms with E-state index in [1.54, 1.807) is 6.20 Å². The van der Waals surface area contributed by atoms with Gasteiger partial charge in [-0.25, -0.2) is 0 Å². The van der Waals surface area contributed by atoms with Crippen molar-refractivity contribution in [1.29, 1.82) is 0 Å². The van der Waals surface area contributed by atoms with Crippen LogP contribution in [0.1, 0.15) is 0 Å². The highest BCUT2D eigenvalue weighted by atomic mass is 16.5. The lowest BCUT2D eigenvalue weighted by molar-refractivity contribution is 0.483. The van der Waals surface area contributed by atoms with Crippen LogP contribution in [-0.2, 0) is 0 Å². The number of nitrogens with zero attached hydrogens (tertiary/aromatic N) is 4. The van der Waals surface area contributed by atoms with Crippen LogP contribution in [0.5, 0.6) is 11.5 Å². The van der Waals surface area contributed by atoms with E-state index in [4.69, 9.17) is 4.74 Å². The van der Waals surface area contributed by atoms with Gasteiger partial charge in [-0.05, 0) is 48.5 Å². The standard InChI is InChI=1S/C22H19N5O/c1-27(18-8-4-2-5-9-18)22-25-21(16-23-26-22)24-17-12-14-20(15-13-17)28-19-10-6-3-7-11-19/h2-16H,1H3,(H,24,25,26). The average molecular weight is 369 g/mol. The summed E-state index contributed by atoms with van der Waals surface area (Å²) < 4.78 is 5.81. The first-order valence-electron chi connectivity index (χ1n) is 8.86. The molecule has 6 nitrogen and oxygen atoms in total. The Morgan fingerprint density at radius 2 is 1.43 bits per heavy atom. The summed E-state index contributed by atoms with van der Waals surface area (Å²) in [6.07, 6.45) is 1.59. The van der Waals surface area contributed by atoms with Gasteiger partial charge in [0.25, 0.3) is 5.95 Å². The molecule has 0 unspecified atom stereocenters. The maximum atomic E-state index is 5.81. The SMILES string of the molecule is CN(c1ccccc1)c1nncc(Nc2ccc(Oc3ccccc3)cc2)n1. The van der Waals surface area contributed by atoms with E-state index in [2.05, 4.69) is 20.5 Å². The smallest absolute Gasteiger partial charge is 0.251 e. The number of anilines is 4. The number of benzene rings is 3. The van der Waals surface area contributed by atoms with Gasteiger partial charge < -0.3 is 15.0 Å². The van der Waals surface area contributed by atoms with Crippen molar-refractivity contribution in [2.45, 2.75) is 0 Å². The van der Waals surface area contributed by atoms with Gasteiger partial charge in [0.1, 0.15) is 11.5 Å². The summed E-state index contributed by atoms with van der Waals surface area (Å²) in [4.78, 5) is 6.43. The number of aromatic nitrogens is 3. The molecule has 138 valence electrons. The Hall–Kier alpha value is -3.93. The number of hydrogen-bond donors (Lipinski definition) is 1. The number of nitrogens with one attached hydrogen (secondary N) is 1. The van der Waals surface area contributed by atoms with Gasteiger partial charge in [0.05, 0.1) is 6.20 Å². The molecule has 3 aromatic carbocycles. The fourth-order valence-electron chi connectivity index (χ4n) is 2.64. The van der Waals surface area contributed by atoms with Crippen molar-refractivity contribution >= 4 is 23.1 Å². The van der Waals surface area contributed by atoms with Crippen molar-refractivity contribution in [3.05, 3.63) is 91.1 Å². The van der Waals surface area contributed by atoms with E-state index < -0.39 is 0 Å². The monoisotopic (exact) mass is 369 g/mol. The molecular formula is C22H19N5O. The molecule has 1 N–H and O–H groups in total. The first-order chi connectivity index (χ1) is 13.8. The highest BCUT2D eigenvalue weighted by Crippen LogP contribution is 2.25. The van der Waals surface area contributed by atoms with E-state index in [0.29, 0.717) is 11.8 Å². The normalized spacial score (nSPS) is 10.3. The first-order valence-corrected chi connectivity index (χ1v) is 8.86. The Morgan fingerprint density at radius 3 is 2.14 bits per heavy atom. The van der Waals surface area contributed by atoms with Crippen LogP contribution in [0.25, 0.3) is 0 Å². The van der Waals surface area contributed by atoms with Gasteiger partial charge in [-0.15, -0.1) is 5.10 Å². The van der Waals surface area contributed by atoms with Gasteiger partial charge >= 0.3 is 0 Å². The van der Waals surface area contributed by atoms with Gasteiger partial charge in [0.2, 0.25) is 0 Å². The highest BCUT2D eigenvalue weighted by molar-refractivity contribution is 5.60. The minimum Gasteiger partial charge on any atom is -0.457 e. The molecule has 0 aliphatic heterocycles. The Labute approximate surface area is 163 Å². The Morgan fingerprint density at radius 1 is 0.786 bits per heavy atom. The first kappa shape index (κ1) is 17.5. The largest absolute Gasteiger partial charge is 0.457 e. The third-order valence-electron chi connectivity index (χ3n) is 4.10. The number of ether oxygens (including phenoxy) is 1. The minimum absolute atomic E-state index is 0.514. The summed E-state index contributed by atoms with van der Waals surface area (Å²) in [6.45, 7) is 0. The molecule has 6 heteroatoms. The Kier molecular flexibility index (Phi) is 5.11. The lowest BCUT2D eigenvalue weighted by Crippen LogP contribution is -2.14. The van der Waals surface area contributed by atoms with Crippen molar-refractivity contribution in [3.8, 4) is 11.5 Å². The van der Waals surface area contributed by atoms with Gasteiger partial charge in [-0.3, -0.25) is 0 Å². The lowest BCUT2D eigenvalue weighted by atomic mass is 10.3. The second-order valence-electron chi connectivity index (χ2n) is 6.10. The molecule has 0 atom stereocenters. The Bertz CT molecular complexity index is 1020. The molecule has 4 rings (SSSR count). The van der Waals surface area contributed by atoms with Crippen molar-refractivity contribution in [2.24, 2.45) is 0 Å². The molecule has 0 bridgehead atoms. The zero-order chi connectivity index (χ0) is 19.2. The highest BCUT2D eigenvalue weighted by Gasteiger charge is 2.08. The van der Waals surface area contributed by atoms with E-state index in [9.17, 15) is 0 Å². The molecule has 0 spiro atoms. The van der Waals surface area contributed by atoms with E-state index in [1.807, 2.05) is 96.9 Å². The van der Waals surface area contributed by atoms with Crippen LogP contribution in [0.2, 0.25) is 0 Å². The predicted molar refractivity (Wildman–Crippen MR) is 111 cm³/mol. The maximum Gasteiger partial charge on any atom is 0.251 e. The second-order valence-corrected chi connectivity index (χ2v) is 6.10. The van der Waals surface area contributed by atoms with E-state index >= 15 is 0 Å². The quantitative estimate of drug-likeness (QED) is 0.505. The van der Waals surface area contributed by atoms with E-state index in [-0.39, 0.29) is 0 Å². The van der Waals surface area contributed by atoms with Crippen LogP contribution in [0.3, 0.4) is 0 Å². The average Bonchev–Trinajstić information content (AvgIpc) is 2.76. The molecule has 0 saturated heterocycles. The molecule has 1 heterocycles. The predicted octanol–water partition coefficient (Wildman–Crippen LogP) is 5.18. The third-order valence-corrected chi connectivity index (χ3v) is 4.10. The van der Waals surface area contributed by atoms with Crippen molar-refractivity contribution < 1.29 is 4.74 Å². The summed E-state index contributed by atoms with van der Waals surface area (Å²) in [5.74, 6) is 2.70. The molecule has 1 aromatic heterocycles. The molecule has 0 radical (unpaired) electrons. The topological polar surface area (TPSA) is 63.2 Å². The molecular weight excluding hydrogens is 350 g/mol. The van der Waals surface area contributed by atoms with Crippen LogP contribution in [0, 0.1) is 0 Å². The van der Waals surface area contributed by atoms with Gasteiger partial charge in [-0.1, -0.05) is 36.4 Å². The fraction of sp³-hybridized carbons (Fsp3) is 0.0455. The minimum atomic E-state index is 0.514. The summed E-state index contributed by atoms with van der Waals surface area (Å²) in [5, 5.41) is 11.4. The summed E-state index contributed by atoms with van der Waals surface area (Å²) in [6, 6.07) is 27.3. The molecule has 0 fully saturated rings. The molecule has 4 aromatic rings. The summed E-state index contributed by atoms with van der Waals surface area (Å²) in [7, 11) is 1.91. The zero-order valence-corrected chi connectivity index (χ0v) is 15.4. The summed E-state index contributed by atoms with van der Waals surface area (Å²) >= 11 is 0. The van der Waals surface area contributed by atoms with Crippen LogP contribution >= 0.6 is 0 Å². The fourth-order valence-corrected chi connectivity index (χ4v) is 2.64. The van der Waals surface area contributed by atoms with Crippen LogP contribution in [-0.4, -0.2) is 22.2 Å². The third kappa shape index (κ3) is 4.24. The van der Waals surface area contributed by atoms with E-state index in [0.717, 1.165) is 22.9 Å². The Balaban J connectivity index is 1.46. The summed E-state index contributed by atoms with van der Waals surface area (Å²) in [5.41, 5.74) is 1.87. The van der Waals surface area contributed by atoms with Crippen molar-refractivity contribution in [2.75, 3.05) is 17.3 Å². The molecule has 0 aliphatic carbocycles. The zero-order valence-electron chi connectivity index (χ0n) is 15.4. The maximum absolute atomic E-state index is 5.81. The molecule has 0 aliphatic rings. The lowest BCUT2D eigenvalue weighted by Gasteiger charge is -2.17. The van der Waals surface area contributed by atoms with Crippen LogP contribution < -0.4 is 15.0 Å². The molecule has 0 saturated carbocycles. The van der Waals surface area contributed by atoms with Crippen LogP contribution in [0.4, 0.5) is 23.1 Å². The molecule has 0 amide bonds. The van der Waals surface area contributed by atoms with E-state index in [1.165, 1.54) is 0 Å². The van der Waals surface area contributed by atoms with Gasteiger partial charge in [0.15, 0.2) is 5.82 Å². The van der Waals surface area contributed by atoms with Crippen LogP contribution in [0.15, 0.2) is 91.1 Å². The molecule has 28 heavy (non-hydrogen) atoms. The van der Waals surface area contributed by atoms with Crippen molar-refractivity contribution in [1.82, 2.24) is 15.2 Å². The number of rotatable bonds is 6.